The zero-order valence-corrected chi connectivity index (χ0v) is 15.0. The molecule has 0 unspecified atom stereocenters. The summed E-state index contributed by atoms with van der Waals surface area (Å²) in [4.78, 5) is 23.7. The van der Waals surface area contributed by atoms with Gasteiger partial charge in [-0.2, -0.15) is 0 Å². The van der Waals surface area contributed by atoms with Crippen LogP contribution in [0.1, 0.15) is 11.1 Å². The molecule has 0 atom stereocenters. The minimum atomic E-state index is -0.487. The van der Waals surface area contributed by atoms with Crippen LogP contribution in [0.25, 0.3) is 12.2 Å². The fourth-order valence-corrected chi connectivity index (χ4v) is 2.33. The van der Waals surface area contributed by atoms with Crippen LogP contribution in [0.4, 0.5) is 0 Å². The molecule has 0 saturated carbocycles. The number of hydrogen-bond acceptors (Lipinski definition) is 4. The van der Waals surface area contributed by atoms with Gasteiger partial charge in [-0.25, -0.2) is 9.59 Å². The van der Waals surface area contributed by atoms with Crippen LogP contribution < -0.4 is 9.47 Å². The van der Waals surface area contributed by atoms with Crippen LogP contribution in [0.2, 0.25) is 0 Å². The van der Waals surface area contributed by atoms with Crippen molar-refractivity contribution >= 4 is 24.1 Å². The molecule has 3 aromatic carbocycles. The molecule has 0 aliphatic carbocycles. The largest absolute Gasteiger partial charge is 0.423 e. The monoisotopic (exact) mass is 370 g/mol. The highest BCUT2D eigenvalue weighted by Crippen LogP contribution is 2.18. The van der Waals surface area contributed by atoms with Gasteiger partial charge < -0.3 is 9.47 Å². The third kappa shape index (κ3) is 6.11. The topological polar surface area (TPSA) is 52.6 Å². The Kier molecular flexibility index (Phi) is 6.53. The third-order valence-corrected chi connectivity index (χ3v) is 3.68. The van der Waals surface area contributed by atoms with E-state index in [2.05, 4.69) is 0 Å². The number of carbonyl (C=O) groups is 2. The summed E-state index contributed by atoms with van der Waals surface area (Å²) in [6.07, 6.45) is 6.07. The lowest BCUT2D eigenvalue weighted by Gasteiger charge is -2.04. The van der Waals surface area contributed by atoms with Crippen molar-refractivity contribution in [1.29, 1.82) is 0 Å². The van der Waals surface area contributed by atoms with E-state index >= 15 is 0 Å². The molecule has 0 aliphatic rings. The SMILES string of the molecule is O=C(/C=C/c1ccccc1)Oc1ccc(OC(=O)/C=C/c2ccccc2)cc1. The van der Waals surface area contributed by atoms with E-state index in [0.29, 0.717) is 11.5 Å². The van der Waals surface area contributed by atoms with E-state index in [9.17, 15) is 9.59 Å². The van der Waals surface area contributed by atoms with Gasteiger partial charge in [0.25, 0.3) is 0 Å². The van der Waals surface area contributed by atoms with Crippen molar-refractivity contribution in [3.8, 4) is 11.5 Å². The van der Waals surface area contributed by atoms with E-state index in [-0.39, 0.29) is 0 Å². The molecule has 4 nitrogen and oxygen atoms in total. The molecule has 0 N–H and O–H groups in total. The second-order valence-corrected chi connectivity index (χ2v) is 5.80. The van der Waals surface area contributed by atoms with Gasteiger partial charge in [0.05, 0.1) is 0 Å². The van der Waals surface area contributed by atoms with Gasteiger partial charge in [0.1, 0.15) is 11.5 Å². The summed E-state index contributed by atoms with van der Waals surface area (Å²) in [5.74, 6) is -0.247. The first-order valence-electron chi connectivity index (χ1n) is 8.69. The summed E-state index contributed by atoms with van der Waals surface area (Å²) in [5, 5.41) is 0. The minimum absolute atomic E-state index is 0.363. The summed E-state index contributed by atoms with van der Waals surface area (Å²) in [6, 6.07) is 25.2. The van der Waals surface area contributed by atoms with Crippen LogP contribution in [0.5, 0.6) is 11.5 Å². The molecule has 28 heavy (non-hydrogen) atoms. The van der Waals surface area contributed by atoms with Crippen LogP contribution in [0, 0.1) is 0 Å². The molecule has 0 aromatic heterocycles. The molecule has 0 aliphatic heterocycles. The molecule has 4 heteroatoms. The Bertz CT molecular complexity index is 890. The first kappa shape index (κ1) is 18.9. The highest BCUT2D eigenvalue weighted by atomic mass is 16.5. The van der Waals surface area contributed by atoms with Gasteiger partial charge in [-0.05, 0) is 47.5 Å². The first-order chi connectivity index (χ1) is 13.7. The van der Waals surface area contributed by atoms with Gasteiger partial charge in [0.2, 0.25) is 0 Å². The molecule has 0 saturated heterocycles. The van der Waals surface area contributed by atoms with E-state index < -0.39 is 11.9 Å². The molecule has 0 spiro atoms. The van der Waals surface area contributed by atoms with Crippen molar-refractivity contribution < 1.29 is 19.1 Å². The van der Waals surface area contributed by atoms with Gasteiger partial charge in [0, 0.05) is 12.2 Å². The normalized spacial score (nSPS) is 10.9. The molecule has 0 radical (unpaired) electrons. The lowest BCUT2D eigenvalue weighted by Crippen LogP contribution is -2.05. The van der Waals surface area contributed by atoms with Crippen LogP contribution >= 0.6 is 0 Å². The molecule has 3 aromatic rings. The molecular formula is C24H18O4. The van der Waals surface area contributed by atoms with Crippen molar-refractivity contribution in [3.05, 3.63) is 108 Å². The number of hydrogen-bond donors (Lipinski definition) is 0. The van der Waals surface area contributed by atoms with Crippen LogP contribution in [0.15, 0.2) is 97.1 Å². The number of benzene rings is 3. The van der Waals surface area contributed by atoms with E-state index in [0.717, 1.165) is 11.1 Å². The fraction of sp³-hybridized carbons (Fsp3) is 0. The number of esters is 2. The average Bonchev–Trinajstić information content (AvgIpc) is 2.74. The number of ether oxygens (including phenoxy) is 2. The summed E-state index contributed by atoms with van der Waals surface area (Å²) in [6.45, 7) is 0. The molecule has 0 amide bonds. The van der Waals surface area contributed by atoms with Crippen molar-refractivity contribution in [2.75, 3.05) is 0 Å². The Morgan fingerprint density at radius 1 is 0.536 bits per heavy atom. The summed E-state index contributed by atoms with van der Waals surface area (Å²) in [7, 11) is 0. The lowest BCUT2D eigenvalue weighted by atomic mass is 10.2. The lowest BCUT2D eigenvalue weighted by molar-refractivity contribution is -0.130. The molecule has 3 rings (SSSR count). The zero-order valence-electron chi connectivity index (χ0n) is 15.0. The fourth-order valence-electron chi connectivity index (χ4n) is 2.33. The summed E-state index contributed by atoms with van der Waals surface area (Å²) >= 11 is 0. The van der Waals surface area contributed by atoms with E-state index in [1.807, 2.05) is 60.7 Å². The first-order valence-corrected chi connectivity index (χ1v) is 8.69. The van der Waals surface area contributed by atoms with Crippen molar-refractivity contribution in [3.63, 3.8) is 0 Å². The highest BCUT2D eigenvalue weighted by Gasteiger charge is 2.04. The maximum atomic E-state index is 11.9. The minimum Gasteiger partial charge on any atom is -0.423 e. The van der Waals surface area contributed by atoms with Crippen molar-refractivity contribution in [2.45, 2.75) is 0 Å². The van der Waals surface area contributed by atoms with Gasteiger partial charge in [-0.15, -0.1) is 0 Å². The Balaban J connectivity index is 1.51. The molecule has 138 valence electrons. The van der Waals surface area contributed by atoms with Crippen LogP contribution in [0.3, 0.4) is 0 Å². The van der Waals surface area contributed by atoms with E-state index in [1.54, 1.807) is 36.4 Å². The number of carbonyl (C=O) groups excluding carboxylic acids is 2. The predicted octanol–water partition coefficient (Wildman–Crippen LogP) is 4.92. The Morgan fingerprint density at radius 2 is 0.893 bits per heavy atom. The Hall–Kier alpha value is -3.92. The molecule has 0 fully saturated rings. The average molecular weight is 370 g/mol. The van der Waals surface area contributed by atoms with E-state index in [1.165, 1.54) is 12.2 Å². The zero-order chi connectivity index (χ0) is 19.6. The second kappa shape index (κ2) is 9.69. The second-order valence-electron chi connectivity index (χ2n) is 5.80. The Morgan fingerprint density at radius 3 is 1.25 bits per heavy atom. The van der Waals surface area contributed by atoms with Crippen LogP contribution in [-0.4, -0.2) is 11.9 Å². The smallest absolute Gasteiger partial charge is 0.336 e. The maximum absolute atomic E-state index is 11.9. The quantitative estimate of drug-likeness (QED) is 0.351. The van der Waals surface area contributed by atoms with E-state index in [4.69, 9.17) is 9.47 Å². The summed E-state index contributed by atoms with van der Waals surface area (Å²) < 4.78 is 10.4. The van der Waals surface area contributed by atoms with Gasteiger partial charge >= 0.3 is 11.9 Å². The van der Waals surface area contributed by atoms with Crippen LogP contribution in [-0.2, 0) is 9.59 Å². The Labute approximate surface area is 163 Å². The molecule has 0 heterocycles. The summed E-state index contributed by atoms with van der Waals surface area (Å²) in [5.41, 5.74) is 1.82. The van der Waals surface area contributed by atoms with Gasteiger partial charge in [-0.1, -0.05) is 60.7 Å². The van der Waals surface area contributed by atoms with Gasteiger partial charge in [-0.3, -0.25) is 0 Å². The van der Waals surface area contributed by atoms with Crippen molar-refractivity contribution in [1.82, 2.24) is 0 Å². The molecular weight excluding hydrogens is 352 g/mol. The van der Waals surface area contributed by atoms with Gasteiger partial charge in [0.15, 0.2) is 0 Å². The maximum Gasteiger partial charge on any atom is 0.336 e. The van der Waals surface area contributed by atoms with Crippen molar-refractivity contribution in [2.24, 2.45) is 0 Å². The number of rotatable bonds is 6. The third-order valence-electron chi connectivity index (χ3n) is 3.68. The standard InChI is InChI=1S/C24H18O4/c25-23(17-11-19-7-3-1-4-8-19)27-21-13-15-22(16-14-21)28-24(26)18-12-20-9-5-2-6-10-20/h1-18H/b17-11+,18-12+. The highest BCUT2D eigenvalue weighted by molar-refractivity contribution is 5.89. The predicted molar refractivity (Wildman–Crippen MR) is 109 cm³/mol. The molecule has 0 bridgehead atoms.